The monoisotopic (exact) mass is 330 g/mol. The number of hydrogen-bond acceptors (Lipinski definition) is 4. The van der Waals surface area contributed by atoms with Crippen molar-refractivity contribution in [1.29, 1.82) is 0 Å². The maximum atomic E-state index is 12.6. The summed E-state index contributed by atoms with van der Waals surface area (Å²) < 4.78 is 7.22. The molecule has 0 saturated carbocycles. The van der Waals surface area contributed by atoms with Crippen LogP contribution in [0.3, 0.4) is 0 Å². The van der Waals surface area contributed by atoms with Gasteiger partial charge in [-0.15, -0.1) is 0 Å². The van der Waals surface area contributed by atoms with Crippen LogP contribution in [-0.2, 0) is 26.4 Å². The SMILES string of the molecule is Cc1c(CNC(=O)c2noc3c2CC(C(C)(C)C)CC3)cnn1C. The lowest BCUT2D eigenvalue weighted by atomic mass is 9.71. The Morgan fingerprint density at radius 3 is 2.83 bits per heavy atom. The van der Waals surface area contributed by atoms with E-state index in [1.54, 1.807) is 10.9 Å². The topological polar surface area (TPSA) is 73.0 Å². The van der Waals surface area contributed by atoms with E-state index in [9.17, 15) is 4.79 Å². The van der Waals surface area contributed by atoms with E-state index in [0.29, 0.717) is 18.2 Å². The predicted molar refractivity (Wildman–Crippen MR) is 90.6 cm³/mol. The van der Waals surface area contributed by atoms with Crippen molar-refractivity contribution in [2.75, 3.05) is 0 Å². The van der Waals surface area contributed by atoms with E-state index in [1.807, 2.05) is 14.0 Å². The number of fused-ring (bicyclic) bond motifs is 1. The van der Waals surface area contributed by atoms with Gasteiger partial charge in [0, 0.05) is 36.8 Å². The quantitative estimate of drug-likeness (QED) is 0.939. The third-order valence-electron chi connectivity index (χ3n) is 5.26. The Kier molecular flexibility index (Phi) is 4.24. The molecule has 0 spiro atoms. The first-order valence-electron chi connectivity index (χ1n) is 8.50. The molecule has 1 atom stereocenters. The molecular formula is C18H26N4O2. The van der Waals surface area contributed by atoms with Crippen molar-refractivity contribution in [2.45, 2.75) is 53.5 Å². The summed E-state index contributed by atoms with van der Waals surface area (Å²) in [6.45, 7) is 9.19. The van der Waals surface area contributed by atoms with Crippen LogP contribution in [0.15, 0.2) is 10.7 Å². The van der Waals surface area contributed by atoms with Crippen molar-refractivity contribution in [3.63, 3.8) is 0 Å². The molecule has 130 valence electrons. The lowest BCUT2D eigenvalue weighted by Gasteiger charge is -2.33. The smallest absolute Gasteiger partial charge is 0.274 e. The van der Waals surface area contributed by atoms with E-state index in [-0.39, 0.29) is 11.3 Å². The normalized spacial score (nSPS) is 17.6. The molecule has 3 rings (SSSR count). The van der Waals surface area contributed by atoms with Gasteiger partial charge in [0.25, 0.3) is 5.91 Å². The van der Waals surface area contributed by atoms with Gasteiger partial charge in [0.2, 0.25) is 0 Å². The summed E-state index contributed by atoms with van der Waals surface area (Å²) in [7, 11) is 1.89. The van der Waals surface area contributed by atoms with Gasteiger partial charge >= 0.3 is 0 Å². The maximum absolute atomic E-state index is 12.6. The molecule has 1 aliphatic carbocycles. The Labute approximate surface area is 142 Å². The van der Waals surface area contributed by atoms with E-state index in [2.05, 4.69) is 36.3 Å². The van der Waals surface area contributed by atoms with Crippen molar-refractivity contribution >= 4 is 5.91 Å². The number of carbonyl (C=O) groups is 1. The Hall–Kier alpha value is -2.11. The third-order valence-corrected chi connectivity index (χ3v) is 5.26. The zero-order valence-electron chi connectivity index (χ0n) is 15.1. The number of nitrogens with zero attached hydrogens (tertiary/aromatic N) is 3. The van der Waals surface area contributed by atoms with E-state index in [1.165, 1.54) is 0 Å². The van der Waals surface area contributed by atoms with Gasteiger partial charge in [0.05, 0.1) is 6.20 Å². The van der Waals surface area contributed by atoms with Gasteiger partial charge in [-0.1, -0.05) is 25.9 Å². The van der Waals surface area contributed by atoms with Crippen LogP contribution >= 0.6 is 0 Å². The first kappa shape index (κ1) is 16.7. The summed E-state index contributed by atoms with van der Waals surface area (Å²) >= 11 is 0. The molecule has 0 aliphatic heterocycles. The van der Waals surface area contributed by atoms with Crippen LogP contribution in [0.25, 0.3) is 0 Å². The number of nitrogens with one attached hydrogen (secondary N) is 1. The molecule has 1 N–H and O–H groups in total. The second-order valence-electron chi connectivity index (χ2n) is 7.80. The van der Waals surface area contributed by atoms with Crippen LogP contribution in [0, 0.1) is 18.3 Å². The molecule has 6 heteroatoms. The summed E-state index contributed by atoms with van der Waals surface area (Å²) in [5.41, 5.74) is 3.71. The minimum Gasteiger partial charge on any atom is -0.360 e. The molecule has 1 unspecified atom stereocenters. The first-order valence-corrected chi connectivity index (χ1v) is 8.50. The van der Waals surface area contributed by atoms with Crippen molar-refractivity contribution in [1.82, 2.24) is 20.3 Å². The number of amides is 1. The van der Waals surface area contributed by atoms with Gasteiger partial charge in [-0.25, -0.2) is 0 Å². The van der Waals surface area contributed by atoms with Crippen molar-refractivity contribution in [2.24, 2.45) is 18.4 Å². The lowest BCUT2D eigenvalue weighted by Crippen LogP contribution is -2.29. The van der Waals surface area contributed by atoms with E-state index < -0.39 is 0 Å². The molecule has 0 radical (unpaired) electrons. The fourth-order valence-corrected chi connectivity index (χ4v) is 3.30. The zero-order valence-corrected chi connectivity index (χ0v) is 15.1. The molecule has 2 heterocycles. The highest BCUT2D eigenvalue weighted by atomic mass is 16.5. The molecule has 24 heavy (non-hydrogen) atoms. The minimum atomic E-state index is -0.169. The van der Waals surface area contributed by atoms with E-state index in [0.717, 1.165) is 41.8 Å². The summed E-state index contributed by atoms with van der Waals surface area (Å²) in [6, 6.07) is 0. The summed E-state index contributed by atoms with van der Waals surface area (Å²) in [5, 5.41) is 11.2. The molecule has 2 aromatic rings. The van der Waals surface area contributed by atoms with Crippen molar-refractivity contribution < 1.29 is 9.32 Å². The summed E-state index contributed by atoms with van der Waals surface area (Å²) in [5.74, 6) is 1.24. The number of carbonyl (C=O) groups excluding carboxylic acids is 1. The summed E-state index contributed by atoms with van der Waals surface area (Å²) in [4.78, 5) is 12.6. The van der Waals surface area contributed by atoms with Crippen LogP contribution in [0.5, 0.6) is 0 Å². The highest BCUT2D eigenvalue weighted by Gasteiger charge is 2.34. The number of aromatic nitrogens is 3. The largest absolute Gasteiger partial charge is 0.360 e. The van der Waals surface area contributed by atoms with Gasteiger partial charge in [-0.3, -0.25) is 9.48 Å². The van der Waals surface area contributed by atoms with Crippen molar-refractivity contribution in [3.05, 3.63) is 34.5 Å². The highest BCUT2D eigenvalue weighted by Crippen LogP contribution is 2.38. The molecule has 0 saturated heterocycles. The Morgan fingerprint density at radius 2 is 2.21 bits per heavy atom. The van der Waals surface area contributed by atoms with Gasteiger partial charge in [0.1, 0.15) is 5.76 Å². The van der Waals surface area contributed by atoms with Gasteiger partial charge < -0.3 is 9.84 Å². The van der Waals surface area contributed by atoms with Gasteiger partial charge in [-0.2, -0.15) is 5.10 Å². The Balaban J connectivity index is 1.73. The first-order chi connectivity index (χ1) is 11.3. The second kappa shape index (κ2) is 6.07. The molecule has 0 bridgehead atoms. The standard InChI is InChI=1S/C18H26N4O2/c1-11-12(10-20-22(11)5)9-19-17(23)16-14-8-13(18(2,3)4)6-7-15(14)24-21-16/h10,13H,6-9H2,1-5H3,(H,19,23). The molecule has 1 aliphatic rings. The predicted octanol–water partition coefficient (Wildman–Crippen LogP) is 2.80. The average Bonchev–Trinajstić information content (AvgIpc) is 3.08. The lowest BCUT2D eigenvalue weighted by molar-refractivity contribution is 0.0940. The average molecular weight is 330 g/mol. The third kappa shape index (κ3) is 3.09. The Morgan fingerprint density at radius 1 is 1.46 bits per heavy atom. The van der Waals surface area contributed by atoms with Gasteiger partial charge in [-0.05, 0) is 31.1 Å². The molecule has 6 nitrogen and oxygen atoms in total. The molecule has 1 amide bonds. The highest BCUT2D eigenvalue weighted by molar-refractivity contribution is 5.93. The molecule has 0 aromatic carbocycles. The second-order valence-corrected chi connectivity index (χ2v) is 7.80. The van der Waals surface area contributed by atoms with Crippen LogP contribution in [0.2, 0.25) is 0 Å². The van der Waals surface area contributed by atoms with Crippen LogP contribution in [-0.4, -0.2) is 20.8 Å². The minimum absolute atomic E-state index is 0.169. The molecular weight excluding hydrogens is 304 g/mol. The molecule has 2 aromatic heterocycles. The summed E-state index contributed by atoms with van der Waals surface area (Å²) in [6.07, 6.45) is 4.58. The number of aryl methyl sites for hydroxylation is 2. The van der Waals surface area contributed by atoms with Crippen LogP contribution < -0.4 is 5.32 Å². The van der Waals surface area contributed by atoms with Crippen LogP contribution in [0.4, 0.5) is 0 Å². The van der Waals surface area contributed by atoms with Crippen LogP contribution in [0.1, 0.15) is 60.3 Å². The zero-order chi connectivity index (χ0) is 17.5. The molecule has 0 fully saturated rings. The van der Waals surface area contributed by atoms with E-state index >= 15 is 0 Å². The number of rotatable bonds is 3. The fourth-order valence-electron chi connectivity index (χ4n) is 3.30. The fraction of sp³-hybridized carbons (Fsp3) is 0.611. The van der Waals surface area contributed by atoms with Crippen molar-refractivity contribution in [3.8, 4) is 0 Å². The number of hydrogen-bond donors (Lipinski definition) is 1. The van der Waals surface area contributed by atoms with E-state index in [4.69, 9.17) is 4.52 Å². The maximum Gasteiger partial charge on any atom is 0.274 e. The Bertz CT molecular complexity index is 752. The van der Waals surface area contributed by atoms with Gasteiger partial charge in [0.15, 0.2) is 5.69 Å².